The van der Waals surface area contributed by atoms with Crippen molar-refractivity contribution in [3.63, 3.8) is 0 Å². The van der Waals surface area contributed by atoms with Crippen LogP contribution in [0.15, 0.2) is 4.79 Å². The topological polar surface area (TPSA) is 56.7 Å². The Hall–Kier alpha value is -0.900. The molecule has 0 unspecified atom stereocenters. The van der Waals surface area contributed by atoms with Crippen molar-refractivity contribution in [3.05, 3.63) is 20.2 Å². The van der Waals surface area contributed by atoms with Crippen molar-refractivity contribution in [2.24, 2.45) is 0 Å². The number of aryl methyl sites for hydroxylation is 1. The maximum absolute atomic E-state index is 10.7. The molecule has 0 saturated heterocycles. The lowest BCUT2D eigenvalue weighted by Crippen LogP contribution is -1.93. The minimum atomic E-state index is -0.0737. The fourth-order valence-electron chi connectivity index (χ4n) is 0.751. The summed E-state index contributed by atoms with van der Waals surface area (Å²) in [6.45, 7) is 1.95. The molecule has 54 valence electrons. The van der Waals surface area contributed by atoms with Gasteiger partial charge in [-0.2, -0.15) is 0 Å². The molecule has 0 aliphatic heterocycles. The second-order valence-electron chi connectivity index (χ2n) is 1.86. The smallest absolute Gasteiger partial charge is 0.305 e. The molecule has 1 rings (SSSR count). The molecule has 0 saturated carbocycles. The van der Waals surface area contributed by atoms with Gasteiger partial charge < -0.3 is 10.4 Å². The first-order chi connectivity index (χ1) is 4.77. The number of hydrogen-bond donors (Lipinski definition) is 2. The van der Waals surface area contributed by atoms with Gasteiger partial charge in [-0.15, -0.1) is 0 Å². The molecular formula is C6H8N2OS. The lowest BCUT2D eigenvalue weighted by molar-refractivity contribution is 1.05. The Kier molecular flexibility index (Phi) is 2.01. The lowest BCUT2D eigenvalue weighted by Gasteiger charge is -1.87. The fourth-order valence-corrected chi connectivity index (χ4v) is 1.50. The zero-order valence-corrected chi connectivity index (χ0v) is 6.42. The number of aromatic amines is 1. The standard InChI is InChI=1S/C6H8N2OS/c1-2-4-5(3-7)10-6(9)8-4/h3,7H,2H2,1H3,(H,8,9). The van der Waals surface area contributed by atoms with E-state index in [0.29, 0.717) is 0 Å². The van der Waals surface area contributed by atoms with Gasteiger partial charge in [0, 0.05) is 11.9 Å². The highest BCUT2D eigenvalue weighted by molar-refractivity contribution is 7.11. The Labute approximate surface area is 62.2 Å². The van der Waals surface area contributed by atoms with E-state index in [9.17, 15) is 4.79 Å². The van der Waals surface area contributed by atoms with Crippen LogP contribution in [-0.4, -0.2) is 11.2 Å². The van der Waals surface area contributed by atoms with Crippen LogP contribution >= 0.6 is 11.3 Å². The first kappa shape index (κ1) is 7.21. The minimum Gasteiger partial charge on any atom is -0.316 e. The van der Waals surface area contributed by atoms with Crippen LogP contribution in [0, 0.1) is 5.41 Å². The molecule has 0 amide bonds. The van der Waals surface area contributed by atoms with Crippen LogP contribution in [0.25, 0.3) is 0 Å². The van der Waals surface area contributed by atoms with Crippen LogP contribution in [0.3, 0.4) is 0 Å². The summed E-state index contributed by atoms with van der Waals surface area (Å²) in [6, 6.07) is 0. The molecule has 0 aromatic carbocycles. The zero-order chi connectivity index (χ0) is 7.56. The molecule has 1 aromatic rings. The van der Waals surface area contributed by atoms with E-state index < -0.39 is 0 Å². The quantitative estimate of drug-likeness (QED) is 0.616. The summed E-state index contributed by atoms with van der Waals surface area (Å²) < 4.78 is 0. The van der Waals surface area contributed by atoms with E-state index in [2.05, 4.69) is 4.98 Å². The zero-order valence-electron chi connectivity index (χ0n) is 5.60. The molecule has 0 aliphatic carbocycles. The monoisotopic (exact) mass is 156 g/mol. The summed E-state index contributed by atoms with van der Waals surface area (Å²) in [7, 11) is 0. The molecule has 0 bridgehead atoms. The molecule has 0 atom stereocenters. The summed E-state index contributed by atoms with van der Waals surface area (Å²) in [4.78, 5) is 14.0. The Morgan fingerprint density at radius 3 is 2.90 bits per heavy atom. The largest absolute Gasteiger partial charge is 0.316 e. The van der Waals surface area contributed by atoms with Gasteiger partial charge in [-0.25, -0.2) is 0 Å². The summed E-state index contributed by atoms with van der Waals surface area (Å²) in [6.07, 6.45) is 1.99. The minimum absolute atomic E-state index is 0.0737. The molecule has 0 fully saturated rings. The van der Waals surface area contributed by atoms with Crippen molar-refractivity contribution in [2.45, 2.75) is 13.3 Å². The van der Waals surface area contributed by atoms with Gasteiger partial charge in [0.05, 0.1) is 4.88 Å². The van der Waals surface area contributed by atoms with E-state index in [1.54, 1.807) is 0 Å². The molecule has 3 nitrogen and oxygen atoms in total. The third-order valence-electron chi connectivity index (χ3n) is 1.24. The average Bonchev–Trinajstić information content (AvgIpc) is 2.30. The predicted octanol–water partition coefficient (Wildman–Crippen LogP) is 0.996. The van der Waals surface area contributed by atoms with E-state index in [1.165, 1.54) is 6.21 Å². The number of rotatable bonds is 2. The predicted molar refractivity (Wildman–Crippen MR) is 42.2 cm³/mol. The summed E-state index contributed by atoms with van der Waals surface area (Å²) in [5.41, 5.74) is 0.866. The maximum atomic E-state index is 10.7. The molecule has 0 aliphatic rings. The van der Waals surface area contributed by atoms with Crippen LogP contribution in [0.5, 0.6) is 0 Å². The Morgan fingerprint density at radius 1 is 1.80 bits per heavy atom. The molecule has 0 spiro atoms. The maximum Gasteiger partial charge on any atom is 0.305 e. The van der Waals surface area contributed by atoms with Crippen molar-refractivity contribution in [1.29, 1.82) is 5.41 Å². The van der Waals surface area contributed by atoms with Gasteiger partial charge in [-0.1, -0.05) is 18.3 Å². The van der Waals surface area contributed by atoms with Gasteiger partial charge in [0.1, 0.15) is 0 Å². The normalized spacial score (nSPS) is 9.70. The first-order valence-electron chi connectivity index (χ1n) is 3.00. The highest BCUT2D eigenvalue weighted by atomic mass is 32.1. The molecule has 0 radical (unpaired) electrons. The number of nitrogens with one attached hydrogen (secondary N) is 2. The second-order valence-corrected chi connectivity index (χ2v) is 2.87. The molecule has 4 heteroatoms. The second kappa shape index (κ2) is 2.79. The molecule has 2 N–H and O–H groups in total. The van der Waals surface area contributed by atoms with Gasteiger partial charge in [-0.05, 0) is 6.42 Å². The highest BCUT2D eigenvalue weighted by Gasteiger charge is 2.01. The number of hydrogen-bond acceptors (Lipinski definition) is 3. The lowest BCUT2D eigenvalue weighted by atomic mass is 10.3. The van der Waals surface area contributed by atoms with Crippen molar-refractivity contribution < 1.29 is 0 Å². The van der Waals surface area contributed by atoms with Crippen LogP contribution in [0.1, 0.15) is 17.5 Å². The van der Waals surface area contributed by atoms with Crippen LogP contribution in [0.4, 0.5) is 0 Å². The van der Waals surface area contributed by atoms with Crippen molar-refractivity contribution in [1.82, 2.24) is 4.98 Å². The van der Waals surface area contributed by atoms with Crippen molar-refractivity contribution in [3.8, 4) is 0 Å². The fraction of sp³-hybridized carbons (Fsp3) is 0.333. The third-order valence-corrected chi connectivity index (χ3v) is 2.11. The van der Waals surface area contributed by atoms with E-state index in [4.69, 9.17) is 5.41 Å². The SMILES string of the molecule is CCc1[nH]c(=O)sc1C=N. The third kappa shape index (κ3) is 1.16. The van der Waals surface area contributed by atoms with Crippen molar-refractivity contribution in [2.75, 3.05) is 0 Å². The number of aromatic nitrogens is 1. The summed E-state index contributed by atoms with van der Waals surface area (Å²) >= 11 is 1.08. The molecule has 1 aromatic heterocycles. The van der Waals surface area contributed by atoms with Gasteiger partial charge in [0.2, 0.25) is 0 Å². The number of thiazole rings is 1. The van der Waals surface area contributed by atoms with E-state index >= 15 is 0 Å². The summed E-state index contributed by atoms with van der Waals surface area (Å²) in [5, 5.41) is 6.93. The first-order valence-corrected chi connectivity index (χ1v) is 3.82. The molecular weight excluding hydrogens is 148 g/mol. The van der Waals surface area contributed by atoms with Gasteiger partial charge >= 0.3 is 4.87 Å². The highest BCUT2D eigenvalue weighted by Crippen LogP contribution is 2.05. The Balaban J connectivity index is 3.20. The van der Waals surface area contributed by atoms with Gasteiger partial charge in [-0.3, -0.25) is 4.79 Å². The van der Waals surface area contributed by atoms with E-state index in [1.807, 2.05) is 6.92 Å². The van der Waals surface area contributed by atoms with Gasteiger partial charge in [0.25, 0.3) is 0 Å². The molecule has 1 heterocycles. The van der Waals surface area contributed by atoms with Crippen LogP contribution < -0.4 is 4.87 Å². The average molecular weight is 156 g/mol. The summed E-state index contributed by atoms with van der Waals surface area (Å²) in [5.74, 6) is 0. The Morgan fingerprint density at radius 2 is 2.50 bits per heavy atom. The van der Waals surface area contributed by atoms with Crippen LogP contribution in [0.2, 0.25) is 0 Å². The van der Waals surface area contributed by atoms with E-state index in [0.717, 1.165) is 28.3 Å². The van der Waals surface area contributed by atoms with Gasteiger partial charge in [0.15, 0.2) is 0 Å². The van der Waals surface area contributed by atoms with E-state index in [-0.39, 0.29) is 4.87 Å². The molecule has 10 heavy (non-hydrogen) atoms. The number of H-pyrrole nitrogens is 1. The van der Waals surface area contributed by atoms with Crippen molar-refractivity contribution >= 4 is 17.6 Å². The van der Waals surface area contributed by atoms with Crippen LogP contribution in [-0.2, 0) is 6.42 Å². The Bertz CT molecular complexity index is 286.